The van der Waals surface area contributed by atoms with Crippen LogP contribution in [0.25, 0.3) is 0 Å². The molecule has 0 unspecified atom stereocenters. The highest BCUT2D eigenvalue weighted by atomic mass is 16.5. The summed E-state index contributed by atoms with van der Waals surface area (Å²) in [4.78, 5) is 10.3. The van der Waals surface area contributed by atoms with E-state index in [9.17, 15) is 4.79 Å². The van der Waals surface area contributed by atoms with E-state index in [4.69, 9.17) is 9.84 Å². The molecule has 0 aliphatic rings. The molecule has 0 fully saturated rings. The number of carboxylic acids is 1. The molecule has 0 saturated carbocycles. The first-order chi connectivity index (χ1) is 9.29. The predicted molar refractivity (Wildman–Crippen MR) is 76.3 cm³/mol. The maximum Gasteiger partial charge on any atom is 0.303 e. The molecule has 0 radical (unpaired) electrons. The maximum atomic E-state index is 10.3. The number of rotatable bonds is 11. The van der Waals surface area contributed by atoms with Gasteiger partial charge in [-0.15, -0.1) is 0 Å². The van der Waals surface area contributed by atoms with Crippen LogP contribution in [0, 0.1) is 0 Å². The van der Waals surface area contributed by atoms with Crippen molar-refractivity contribution in [2.45, 2.75) is 44.9 Å². The molecule has 19 heavy (non-hydrogen) atoms. The van der Waals surface area contributed by atoms with Crippen LogP contribution in [0.4, 0.5) is 0 Å². The Morgan fingerprint density at radius 1 is 0.947 bits per heavy atom. The first-order valence-electron chi connectivity index (χ1n) is 7.12. The fourth-order valence-corrected chi connectivity index (χ4v) is 1.94. The van der Waals surface area contributed by atoms with Crippen molar-refractivity contribution < 1.29 is 14.6 Å². The van der Waals surface area contributed by atoms with Gasteiger partial charge < -0.3 is 9.84 Å². The number of carboxylic acid groups (broad SMARTS) is 1. The summed E-state index contributed by atoms with van der Waals surface area (Å²) in [5.74, 6) is -0.707. The Balaban J connectivity index is 1.83. The van der Waals surface area contributed by atoms with Crippen molar-refractivity contribution in [3.63, 3.8) is 0 Å². The molecule has 0 spiro atoms. The summed E-state index contributed by atoms with van der Waals surface area (Å²) in [6, 6.07) is 10.5. The Morgan fingerprint density at radius 2 is 1.63 bits per heavy atom. The lowest BCUT2D eigenvalue weighted by molar-refractivity contribution is -0.137. The van der Waals surface area contributed by atoms with Crippen molar-refractivity contribution in [3.8, 4) is 0 Å². The van der Waals surface area contributed by atoms with Gasteiger partial charge >= 0.3 is 5.97 Å². The van der Waals surface area contributed by atoms with E-state index in [0.717, 1.165) is 51.7 Å². The fraction of sp³-hybridized carbons (Fsp3) is 0.562. The number of hydrogen-bond donors (Lipinski definition) is 1. The van der Waals surface area contributed by atoms with Gasteiger partial charge in [0.15, 0.2) is 0 Å². The number of aryl methyl sites for hydroxylation is 1. The van der Waals surface area contributed by atoms with Crippen LogP contribution in [0.3, 0.4) is 0 Å². The molecule has 0 bridgehead atoms. The zero-order chi connectivity index (χ0) is 13.8. The SMILES string of the molecule is O=C(O)CCCCCOCCCCc1ccccc1. The lowest BCUT2D eigenvalue weighted by Crippen LogP contribution is -1.99. The van der Waals surface area contributed by atoms with Gasteiger partial charge in [0, 0.05) is 19.6 Å². The summed E-state index contributed by atoms with van der Waals surface area (Å²) >= 11 is 0. The average molecular weight is 264 g/mol. The number of unbranched alkanes of at least 4 members (excludes halogenated alkanes) is 3. The van der Waals surface area contributed by atoms with Crippen molar-refractivity contribution in [1.29, 1.82) is 0 Å². The van der Waals surface area contributed by atoms with E-state index in [2.05, 4.69) is 24.3 Å². The molecule has 1 N–H and O–H groups in total. The average Bonchev–Trinajstić information content (AvgIpc) is 2.42. The van der Waals surface area contributed by atoms with Gasteiger partial charge in [-0.25, -0.2) is 0 Å². The van der Waals surface area contributed by atoms with Crippen LogP contribution in [-0.2, 0) is 16.0 Å². The summed E-state index contributed by atoms with van der Waals surface area (Å²) < 4.78 is 5.53. The van der Waals surface area contributed by atoms with Gasteiger partial charge in [0.2, 0.25) is 0 Å². The first kappa shape index (κ1) is 15.7. The lowest BCUT2D eigenvalue weighted by Gasteiger charge is -2.04. The summed E-state index contributed by atoms with van der Waals surface area (Å²) in [6.07, 6.45) is 6.29. The molecule has 1 aromatic rings. The van der Waals surface area contributed by atoms with Crippen LogP contribution in [0.5, 0.6) is 0 Å². The fourth-order valence-electron chi connectivity index (χ4n) is 1.94. The molecule has 1 rings (SSSR count). The second-order valence-corrected chi connectivity index (χ2v) is 4.76. The molecular formula is C16H24O3. The third-order valence-corrected chi connectivity index (χ3v) is 3.03. The monoisotopic (exact) mass is 264 g/mol. The molecule has 0 atom stereocenters. The number of aliphatic carboxylic acids is 1. The highest BCUT2D eigenvalue weighted by Crippen LogP contribution is 2.05. The second-order valence-electron chi connectivity index (χ2n) is 4.76. The molecule has 0 aromatic heterocycles. The number of ether oxygens (including phenoxy) is 1. The normalized spacial score (nSPS) is 10.5. The van der Waals surface area contributed by atoms with Gasteiger partial charge in [0.1, 0.15) is 0 Å². The van der Waals surface area contributed by atoms with E-state index < -0.39 is 5.97 Å². The van der Waals surface area contributed by atoms with Gasteiger partial charge in [-0.05, 0) is 37.7 Å². The molecule has 3 nitrogen and oxygen atoms in total. The van der Waals surface area contributed by atoms with Crippen LogP contribution in [0.2, 0.25) is 0 Å². The number of hydrogen-bond acceptors (Lipinski definition) is 2. The summed E-state index contributed by atoms with van der Waals surface area (Å²) in [7, 11) is 0. The molecule has 0 aliphatic carbocycles. The quantitative estimate of drug-likeness (QED) is 0.620. The Labute approximate surface area is 115 Å². The highest BCUT2D eigenvalue weighted by Gasteiger charge is 1.97. The zero-order valence-corrected chi connectivity index (χ0v) is 11.5. The van der Waals surface area contributed by atoms with E-state index in [1.165, 1.54) is 5.56 Å². The van der Waals surface area contributed by atoms with Crippen molar-refractivity contribution in [3.05, 3.63) is 35.9 Å². The maximum absolute atomic E-state index is 10.3. The second kappa shape index (κ2) is 10.6. The summed E-state index contributed by atoms with van der Waals surface area (Å²) in [5, 5.41) is 8.48. The van der Waals surface area contributed by atoms with Gasteiger partial charge in [0.25, 0.3) is 0 Å². The Morgan fingerprint density at radius 3 is 2.32 bits per heavy atom. The van der Waals surface area contributed by atoms with Crippen LogP contribution < -0.4 is 0 Å². The minimum absolute atomic E-state index is 0.275. The smallest absolute Gasteiger partial charge is 0.303 e. The third-order valence-electron chi connectivity index (χ3n) is 3.03. The lowest BCUT2D eigenvalue weighted by atomic mass is 10.1. The standard InChI is InChI=1S/C16H24O3/c17-16(18)12-5-2-7-13-19-14-8-6-11-15-9-3-1-4-10-15/h1,3-4,9-10H,2,5-8,11-14H2,(H,17,18). The van der Waals surface area contributed by atoms with Gasteiger partial charge in [-0.1, -0.05) is 36.8 Å². The zero-order valence-electron chi connectivity index (χ0n) is 11.5. The van der Waals surface area contributed by atoms with Gasteiger partial charge in [0.05, 0.1) is 0 Å². The highest BCUT2D eigenvalue weighted by molar-refractivity contribution is 5.66. The molecule has 0 heterocycles. The van der Waals surface area contributed by atoms with Crippen LogP contribution in [0.1, 0.15) is 44.1 Å². The van der Waals surface area contributed by atoms with Crippen molar-refractivity contribution in [2.24, 2.45) is 0 Å². The number of benzene rings is 1. The van der Waals surface area contributed by atoms with E-state index in [1.807, 2.05) is 6.07 Å². The Kier molecular flexibility index (Phi) is 8.73. The topological polar surface area (TPSA) is 46.5 Å². The predicted octanol–water partition coefficient (Wildman–Crippen LogP) is 3.67. The summed E-state index contributed by atoms with van der Waals surface area (Å²) in [5.41, 5.74) is 1.39. The Bertz CT molecular complexity index is 335. The van der Waals surface area contributed by atoms with Crippen LogP contribution >= 0.6 is 0 Å². The largest absolute Gasteiger partial charge is 0.481 e. The third kappa shape index (κ3) is 9.25. The van der Waals surface area contributed by atoms with E-state index in [0.29, 0.717) is 0 Å². The molecule has 0 amide bonds. The minimum Gasteiger partial charge on any atom is -0.481 e. The Hall–Kier alpha value is -1.35. The molecule has 3 heteroatoms. The van der Waals surface area contributed by atoms with Crippen LogP contribution in [0.15, 0.2) is 30.3 Å². The van der Waals surface area contributed by atoms with E-state index in [1.54, 1.807) is 0 Å². The van der Waals surface area contributed by atoms with E-state index in [-0.39, 0.29) is 6.42 Å². The molecule has 106 valence electrons. The molecule has 1 aromatic carbocycles. The van der Waals surface area contributed by atoms with Crippen molar-refractivity contribution in [2.75, 3.05) is 13.2 Å². The summed E-state index contributed by atoms with van der Waals surface area (Å²) in [6.45, 7) is 1.57. The first-order valence-corrected chi connectivity index (χ1v) is 7.12. The number of carbonyl (C=O) groups is 1. The van der Waals surface area contributed by atoms with Gasteiger partial charge in [-0.2, -0.15) is 0 Å². The van der Waals surface area contributed by atoms with Crippen molar-refractivity contribution in [1.82, 2.24) is 0 Å². The minimum atomic E-state index is -0.707. The molecule has 0 saturated heterocycles. The van der Waals surface area contributed by atoms with E-state index >= 15 is 0 Å². The molecular weight excluding hydrogens is 240 g/mol. The van der Waals surface area contributed by atoms with Gasteiger partial charge in [-0.3, -0.25) is 4.79 Å². The molecule has 0 aliphatic heterocycles. The van der Waals surface area contributed by atoms with Crippen molar-refractivity contribution >= 4 is 5.97 Å². The van der Waals surface area contributed by atoms with Crippen LogP contribution in [-0.4, -0.2) is 24.3 Å².